The molecular formula is C16H13NOS. The Morgan fingerprint density at radius 1 is 1.26 bits per heavy atom. The van der Waals surface area contributed by atoms with Gasteiger partial charge in [-0.2, -0.15) is 0 Å². The van der Waals surface area contributed by atoms with Gasteiger partial charge in [-0.1, -0.05) is 42.6 Å². The first-order chi connectivity index (χ1) is 9.19. The Bertz CT molecular complexity index is 691. The quantitative estimate of drug-likeness (QED) is 0.680. The Kier molecular flexibility index (Phi) is 2.91. The summed E-state index contributed by atoms with van der Waals surface area (Å²) in [5.41, 5.74) is 3.91. The SMILES string of the molecule is C=Cc1cccc2c1Sc1ccc(C(C)=O)cc1N2. The molecule has 1 N–H and O–H groups in total. The zero-order valence-corrected chi connectivity index (χ0v) is 11.4. The number of nitrogens with one attached hydrogen (secondary N) is 1. The van der Waals surface area contributed by atoms with E-state index in [1.807, 2.05) is 36.4 Å². The van der Waals surface area contributed by atoms with Crippen LogP contribution in [-0.4, -0.2) is 5.78 Å². The Morgan fingerprint density at radius 3 is 2.84 bits per heavy atom. The van der Waals surface area contributed by atoms with Gasteiger partial charge in [-0.25, -0.2) is 0 Å². The lowest BCUT2D eigenvalue weighted by Crippen LogP contribution is -2.03. The Hall–Kier alpha value is -2.00. The lowest BCUT2D eigenvalue weighted by atomic mass is 10.1. The molecule has 0 aromatic heterocycles. The molecule has 0 unspecified atom stereocenters. The molecule has 0 fully saturated rings. The molecule has 2 aromatic rings. The number of benzene rings is 2. The van der Waals surface area contributed by atoms with E-state index < -0.39 is 0 Å². The monoisotopic (exact) mass is 267 g/mol. The minimum Gasteiger partial charge on any atom is -0.354 e. The van der Waals surface area contributed by atoms with E-state index in [0.717, 1.165) is 27.4 Å². The van der Waals surface area contributed by atoms with E-state index in [1.54, 1.807) is 18.7 Å². The highest BCUT2D eigenvalue weighted by Gasteiger charge is 2.18. The lowest BCUT2D eigenvalue weighted by molar-refractivity contribution is 0.101. The summed E-state index contributed by atoms with van der Waals surface area (Å²) in [6.45, 7) is 5.43. The molecule has 0 aliphatic carbocycles. The molecule has 1 heterocycles. The van der Waals surface area contributed by atoms with Gasteiger partial charge in [0.15, 0.2) is 5.78 Å². The summed E-state index contributed by atoms with van der Waals surface area (Å²) in [5.74, 6) is 0.0836. The third-order valence-corrected chi connectivity index (χ3v) is 4.37. The van der Waals surface area contributed by atoms with Crippen LogP contribution in [0, 0.1) is 0 Å². The fraction of sp³-hybridized carbons (Fsp3) is 0.0625. The highest BCUT2D eigenvalue weighted by molar-refractivity contribution is 7.99. The van der Waals surface area contributed by atoms with E-state index in [2.05, 4.69) is 18.0 Å². The van der Waals surface area contributed by atoms with E-state index >= 15 is 0 Å². The first-order valence-corrected chi connectivity index (χ1v) is 6.86. The van der Waals surface area contributed by atoms with Crippen LogP contribution in [0.1, 0.15) is 22.8 Å². The summed E-state index contributed by atoms with van der Waals surface area (Å²) in [5, 5.41) is 3.39. The number of hydrogen-bond acceptors (Lipinski definition) is 3. The molecule has 0 radical (unpaired) electrons. The molecule has 2 nitrogen and oxygen atoms in total. The fourth-order valence-electron chi connectivity index (χ4n) is 2.12. The Balaban J connectivity index is 2.08. The molecule has 1 aliphatic rings. The topological polar surface area (TPSA) is 29.1 Å². The predicted molar refractivity (Wildman–Crippen MR) is 80.4 cm³/mol. The number of rotatable bonds is 2. The molecule has 3 heteroatoms. The number of carbonyl (C=O) groups is 1. The number of fused-ring (bicyclic) bond motifs is 2. The zero-order chi connectivity index (χ0) is 13.4. The van der Waals surface area contributed by atoms with Gasteiger partial charge in [0.2, 0.25) is 0 Å². The van der Waals surface area contributed by atoms with Crippen molar-refractivity contribution >= 4 is 35.0 Å². The van der Waals surface area contributed by atoms with Crippen molar-refractivity contribution in [2.75, 3.05) is 5.32 Å². The van der Waals surface area contributed by atoms with Gasteiger partial charge in [0, 0.05) is 15.4 Å². The Labute approximate surface area is 116 Å². The van der Waals surface area contributed by atoms with Gasteiger partial charge < -0.3 is 5.32 Å². The van der Waals surface area contributed by atoms with Crippen molar-refractivity contribution in [3.8, 4) is 0 Å². The maximum atomic E-state index is 11.4. The van der Waals surface area contributed by atoms with Gasteiger partial charge in [0.25, 0.3) is 0 Å². The average Bonchev–Trinajstić information content (AvgIpc) is 2.43. The van der Waals surface area contributed by atoms with E-state index in [4.69, 9.17) is 0 Å². The third kappa shape index (κ3) is 2.06. The van der Waals surface area contributed by atoms with Crippen LogP contribution in [0.5, 0.6) is 0 Å². The van der Waals surface area contributed by atoms with Gasteiger partial charge >= 0.3 is 0 Å². The van der Waals surface area contributed by atoms with Crippen molar-refractivity contribution in [1.29, 1.82) is 0 Å². The molecule has 19 heavy (non-hydrogen) atoms. The van der Waals surface area contributed by atoms with Crippen LogP contribution in [0.4, 0.5) is 11.4 Å². The molecule has 0 amide bonds. The van der Waals surface area contributed by atoms with Gasteiger partial charge in [-0.15, -0.1) is 0 Å². The number of hydrogen-bond donors (Lipinski definition) is 1. The minimum atomic E-state index is 0.0836. The molecular weight excluding hydrogens is 254 g/mol. The third-order valence-electron chi connectivity index (χ3n) is 3.13. The summed E-state index contributed by atoms with van der Waals surface area (Å²) >= 11 is 1.71. The van der Waals surface area contributed by atoms with Gasteiger partial charge in [-0.05, 0) is 30.7 Å². The second-order valence-electron chi connectivity index (χ2n) is 4.42. The van der Waals surface area contributed by atoms with Crippen LogP contribution >= 0.6 is 11.8 Å². The van der Waals surface area contributed by atoms with Crippen LogP contribution in [-0.2, 0) is 0 Å². The predicted octanol–water partition coefficient (Wildman–Crippen LogP) is 4.74. The van der Waals surface area contributed by atoms with E-state index in [9.17, 15) is 4.79 Å². The van der Waals surface area contributed by atoms with Crippen LogP contribution < -0.4 is 5.32 Å². The van der Waals surface area contributed by atoms with Crippen molar-refractivity contribution in [3.05, 3.63) is 54.1 Å². The fourth-order valence-corrected chi connectivity index (χ4v) is 3.19. The summed E-state index contributed by atoms with van der Waals surface area (Å²) < 4.78 is 0. The normalized spacial score (nSPS) is 12.1. The first-order valence-electron chi connectivity index (χ1n) is 6.04. The summed E-state index contributed by atoms with van der Waals surface area (Å²) in [4.78, 5) is 13.7. The maximum absolute atomic E-state index is 11.4. The summed E-state index contributed by atoms with van der Waals surface area (Å²) in [6.07, 6.45) is 1.86. The first kappa shape index (κ1) is 12.1. The van der Waals surface area contributed by atoms with Crippen molar-refractivity contribution in [2.24, 2.45) is 0 Å². The number of Topliss-reactive ketones (excluding diaryl/α,β-unsaturated/α-hetero) is 1. The molecule has 0 bridgehead atoms. The van der Waals surface area contributed by atoms with Crippen molar-refractivity contribution in [1.82, 2.24) is 0 Å². The van der Waals surface area contributed by atoms with Crippen molar-refractivity contribution in [3.63, 3.8) is 0 Å². The molecule has 3 rings (SSSR count). The minimum absolute atomic E-state index is 0.0836. The molecule has 0 atom stereocenters. The average molecular weight is 267 g/mol. The molecule has 94 valence electrons. The van der Waals surface area contributed by atoms with Crippen molar-refractivity contribution < 1.29 is 4.79 Å². The van der Waals surface area contributed by atoms with E-state index in [1.165, 1.54) is 4.90 Å². The van der Waals surface area contributed by atoms with Crippen LogP contribution in [0.25, 0.3) is 6.08 Å². The van der Waals surface area contributed by atoms with Crippen molar-refractivity contribution in [2.45, 2.75) is 16.7 Å². The second kappa shape index (κ2) is 4.59. The molecule has 0 saturated carbocycles. The standard InChI is InChI=1S/C16H13NOS/c1-3-11-5-4-6-13-16(11)19-15-8-7-12(10(2)18)9-14(15)17-13/h3-9,17H,1H2,2H3. The number of ketones is 1. The molecule has 1 aliphatic heterocycles. The second-order valence-corrected chi connectivity index (χ2v) is 5.47. The van der Waals surface area contributed by atoms with E-state index in [-0.39, 0.29) is 5.78 Å². The molecule has 0 saturated heterocycles. The number of anilines is 2. The van der Waals surface area contributed by atoms with Gasteiger partial charge in [0.05, 0.1) is 11.4 Å². The largest absolute Gasteiger partial charge is 0.354 e. The Morgan fingerprint density at radius 2 is 2.11 bits per heavy atom. The van der Waals surface area contributed by atoms with E-state index in [0.29, 0.717) is 0 Å². The molecule has 0 spiro atoms. The van der Waals surface area contributed by atoms with Crippen LogP contribution in [0.2, 0.25) is 0 Å². The summed E-state index contributed by atoms with van der Waals surface area (Å²) in [7, 11) is 0. The zero-order valence-electron chi connectivity index (χ0n) is 10.6. The van der Waals surface area contributed by atoms with Gasteiger partial charge in [0.1, 0.15) is 0 Å². The lowest BCUT2D eigenvalue weighted by Gasteiger charge is -2.22. The summed E-state index contributed by atoms with van der Waals surface area (Å²) in [6, 6.07) is 11.9. The maximum Gasteiger partial charge on any atom is 0.159 e. The van der Waals surface area contributed by atoms with Crippen LogP contribution in [0.15, 0.2) is 52.8 Å². The van der Waals surface area contributed by atoms with Gasteiger partial charge in [-0.3, -0.25) is 4.79 Å². The van der Waals surface area contributed by atoms with Crippen LogP contribution in [0.3, 0.4) is 0 Å². The highest BCUT2D eigenvalue weighted by Crippen LogP contribution is 2.46. The molecule has 2 aromatic carbocycles. The highest BCUT2D eigenvalue weighted by atomic mass is 32.2. The number of carbonyl (C=O) groups excluding carboxylic acids is 1. The smallest absolute Gasteiger partial charge is 0.159 e.